The van der Waals surface area contributed by atoms with Crippen LogP contribution in [0.4, 0.5) is 0 Å². The number of aromatic carboxylic acids is 1. The van der Waals surface area contributed by atoms with Crippen molar-refractivity contribution in [2.45, 2.75) is 19.8 Å². The standard InChI is InChI=1S/C16H15N5O2/c1-10(2)15-19-12(11-4-3-5-17-7-11)6-14(20-15)21-8-13(16(22)23)18-9-21/h3-10H,1-2H3,(H,22,23). The van der Waals surface area contributed by atoms with Gasteiger partial charge < -0.3 is 5.11 Å². The first-order valence-corrected chi connectivity index (χ1v) is 7.11. The molecule has 0 saturated carbocycles. The third-order valence-electron chi connectivity index (χ3n) is 3.27. The molecule has 0 fully saturated rings. The lowest BCUT2D eigenvalue weighted by molar-refractivity contribution is 0.0691. The summed E-state index contributed by atoms with van der Waals surface area (Å²) in [6.07, 6.45) is 6.29. The van der Waals surface area contributed by atoms with E-state index in [1.165, 1.54) is 12.5 Å². The van der Waals surface area contributed by atoms with Gasteiger partial charge in [0.05, 0.1) is 5.69 Å². The van der Waals surface area contributed by atoms with E-state index < -0.39 is 5.97 Å². The van der Waals surface area contributed by atoms with Gasteiger partial charge >= 0.3 is 5.97 Å². The number of carboxylic acids is 1. The first-order valence-electron chi connectivity index (χ1n) is 7.11. The van der Waals surface area contributed by atoms with Crippen LogP contribution < -0.4 is 0 Å². The molecule has 3 aromatic heterocycles. The van der Waals surface area contributed by atoms with Crippen molar-refractivity contribution in [3.63, 3.8) is 0 Å². The fourth-order valence-corrected chi connectivity index (χ4v) is 2.06. The van der Waals surface area contributed by atoms with Crippen LogP contribution in [0.2, 0.25) is 0 Å². The SMILES string of the molecule is CC(C)c1nc(-c2cccnc2)cc(-n2cnc(C(=O)O)c2)n1. The van der Waals surface area contributed by atoms with Crippen molar-refractivity contribution in [2.24, 2.45) is 0 Å². The lowest BCUT2D eigenvalue weighted by Crippen LogP contribution is -2.05. The molecule has 0 atom stereocenters. The summed E-state index contributed by atoms with van der Waals surface area (Å²) in [5, 5.41) is 9.00. The molecule has 0 bridgehead atoms. The second kappa shape index (κ2) is 5.96. The lowest BCUT2D eigenvalue weighted by Gasteiger charge is -2.10. The van der Waals surface area contributed by atoms with Crippen LogP contribution in [0.1, 0.15) is 36.1 Å². The van der Waals surface area contributed by atoms with Crippen LogP contribution >= 0.6 is 0 Å². The molecule has 0 aliphatic carbocycles. The fraction of sp³-hybridized carbons (Fsp3) is 0.188. The molecule has 3 aromatic rings. The Kier molecular flexibility index (Phi) is 3.84. The summed E-state index contributed by atoms with van der Waals surface area (Å²) < 4.78 is 1.58. The van der Waals surface area contributed by atoms with Crippen molar-refractivity contribution < 1.29 is 9.90 Å². The zero-order valence-corrected chi connectivity index (χ0v) is 12.7. The molecule has 3 rings (SSSR count). The predicted molar refractivity (Wildman–Crippen MR) is 83.4 cm³/mol. The van der Waals surface area contributed by atoms with Gasteiger partial charge in [-0.15, -0.1) is 0 Å². The van der Waals surface area contributed by atoms with Crippen molar-refractivity contribution >= 4 is 5.97 Å². The number of pyridine rings is 1. The molecule has 0 aromatic carbocycles. The van der Waals surface area contributed by atoms with E-state index in [4.69, 9.17) is 5.11 Å². The normalized spacial score (nSPS) is 10.9. The van der Waals surface area contributed by atoms with Crippen molar-refractivity contribution in [3.05, 3.63) is 54.6 Å². The van der Waals surface area contributed by atoms with E-state index in [1.807, 2.05) is 26.0 Å². The van der Waals surface area contributed by atoms with Crippen LogP contribution in [0, 0.1) is 0 Å². The highest BCUT2D eigenvalue weighted by Crippen LogP contribution is 2.21. The lowest BCUT2D eigenvalue weighted by atomic mass is 10.1. The molecule has 0 saturated heterocycles. The highest BCUT2D eigenvalue weighted by molar-refractivity contribution is 5.85. The van der Waals surface area contributed by atoms with Crippen LogP contribution in [0.3, 0.4) is 0 Å². The van der Waals surface area contributed by atoms with Gasteiger partial charge in [-0.25, -0.2) is 19.7 Å². The van der Waals surface area contributed by atoms with Crippen molar-refractivity contribution in [1.29, 1.82) is 0 Å². The third kappa shape index (κ3) is 3.08. The Morgan fingerprint density at radius 3 is 2.74 bits per heavy atom. The molecule has 0 amide bonds. The summed E-state index contributed by atoms with van der Waals surface area (Å²) in [4.78, 5) is 28.0. The van der Waals surface area contributed by atoms with E-state index >= 15 is 0 Å². The Bertz CT molecular complexity index is 843. The minimum Gasteiger partial charge on any atom is -0.476 e. The topological polar surface area (TPSA) is 93.8 Å². The summed E-state index contributed by atoms with van der Waals surface area (Å²) in [6.45, 7) is 4.01. The quantitative estimate of drug-likeness (QED) is 0.796. The minimum atomic E-state index is -1.07. The summed E-state index contributed by atoms with van der Waals surface area (Å²) >= 11 is 0. The van der Waals surface area contributed by atoms with E-state index in [-0.39, 0.29) is 11.6 Å². The summed E-state index contributed by atoms with van der Waals surface area (Å²) in [5.74, 6) is 0.302. The molecule has 116 valence electrons. The maximum Gasteiger partial charge on any atom is 0.356 e. The number of imidazole rings is 1. The van der Waals surface area contributed by atoms with Gasteiger partial charge in [0.1, 0.15) is 18.0 Å². The second-order valence-electron chi connectivity index (χ2n) is 5.34. The number of rotatable bonds is 4. The monoisotopic (exact) mass is 309 g/mol. The van der Waals surface area contributed by atoms with Crippen molar-refractivity contribution in [1.82, 2.24) is 24.5 Å². The molecule has 0 spiro atoms. The first kappa shape index (κ1) is 14.8. The van der Waals surface area contributed by atoms with E-state index in [1.54, 1.807) is 23.0 Å². The Morgan fingerprint density at radius 1 is 1.30 bits per heavy atom. The first-order chi connectivity index (χ1) is 11.0. The van der Waals surface area contributed by atoms with Crippen molar-refractivity contribution in [2.75, 3.05) is 0 Å². The van der Waals surface area contributed by atoms with Gasteiger partial charge in [-0.1, -0.05) is 13.8 Å². The molecule has 1 N–H and O–H groups in total. The Hall–Kier alpha value is -3.09. The van der Waals surface area contributed by atoms with E-state index in [9.17, 15) is 4.79 Å². The predicted octanol–water partition coefficient (Wildman–Crippen LogP) is 2.55. The molecular weight excluding hydrogens is 294 g/mol. The van der Waals surface area contributed by atoms with Crippen LogP contribution in [0.15, 0.2) is 43.1 Å². The van der Waals surface area contributed by atoms with Gasteiger partial charge in [-0.05, 0) is 12.1 Å². The summed E-state index contributed by atoms with van der Waals surface area (Å²) in [5.41, 5.74) is 1.58. The number of hydrogen-bond donors (Lipinski definition) is 1. The van der Waals surface area contributed by atoms with Gasteiger partial charge in [0.25, 0.3) is 0 Å². The smallest absolute Gasteiger partial charge is 0.356 e. The maximum atomic E-state index is 11.0. The maximum absolute atomic E-state index is 11.0. The Balaban J connectivity index is 2.12. The molecule has 7 nitrogen and oxygen atoms in total. The number of hydrogen-bond acceptors (Lipinski definition) is 5. The van der Waals surface area contributed by atoms with Crippen molar-refractivity contribution in [3.8, 4) is 17.1 Å². The molecule has 0 unspecified atom stereocenters. The Labute approximate surface area is 132 Å². The zero-order valence-electron chi connectivity index (χ0n) is 12.7. The van der Waals surface area contributed by atoms with E-state index in [2.05, 4.69) is 19.9 Å². The number of carbonyl (C=O) groups is 1. The van der Waals surface area contributed by atoms with Gasteiger partial charge in [0.2, 0.25) is 0 Å². The molecule has 0 aliphatic rings. The van der Waals surface area contributed by atoms with Crippen LogP contribution in [0.5, 0.6) is 0 Å². The second-order valence-corrected chi connectivity index (χ2v) is 5.34. The molecule has 0 aliphatic heterocycles. The van der Waals surface area contributed by atoms with Gasteiger partial charge in [0.15, 0.2) is 5.69 Å². The van der Waals surface area contributed by atoms with Crippen LogP contribution in [-0.4, -0.2) is 35.6 Å². The fourth-order valence-electron chi connectivity index (χ4n) is 2.06. The third-order valence-corrected chi connectivity index (χ3v) is 3.27. The summed E-state index contributed by atoms with van der Waals surface area (Å²) in [6, 6.07) is 5.54. The highest BCUT2D eigenvalue weighted by atomic mass is 16.4. The average molecular weight is 309 g/mol. The Morgan fingerprint density at radius 2 is 2.13 bits per heavy atom. The van der Waals surface area contributed by atoms with Gasteiger partial charge in [-0.3, -0.25) is 9.55 Å². The zero-order chi connectivity index (χ0) is 16.4. The molecule has 7 heteroatoms. The average Bonchev–Trinajstić information content (AvgIpc) is 3.05. The summed E-state index contributed by atoms with van der Waals surface area (Å²) in [7, 11) is 0. The van der Waals surface area contributed by atoms with Gasteiger partial charge in [0, 0.05) is 36.1 Å². The molecular formula is C16H15N5O2. The van der Waals surface area contributed by atoms with Crippen LogP contribution in [0.25, 0.3) is 17.1 Å². The highest BCUT2D eigenvalue weighted by Gasteiger charge is 2.13. The minimum absolute atomic E-state index is 0.0300. The number of aromatic nitrogens is 5. The van der Waals surface area contributed by atoms with Gasteiger partial charge in [-0.2, -0.15) is 0 Å². The molecule has 23 heavy (non-hydrogen) atoms. The molecule has 3 heterocycles. The van der Waals surface area contributed by atoms with E-state index in [0.29, 0.717) is 11.6 Å². The molecule has 0 radical (unpaired) electrons. The van der Waals surface area contributed by atoms with Crippen LogP contribution in [-0.2, 0) is 0 Å². The largest absolute Gasteiger partial charge is 0.476 e. The number of carboxylic acid groups (broad SMARTS) is 1. The number of nitrogens with zero attached hydrogens (tertiary/aromatic N) is 5. The van der Waals surface area contributed by atoms with E-state index in [0.717, 1.165) is 11.3 Å².